The summed E-state index contributed by atoms with van der Waals surface area (Å²) in [6, 6.07) is 4.53. The molecule has 5 nitrogen and oxygen atoms in total. The first-order chi connectivity index (χ1) is 11.3. The van der Waals surface area contributed by atoms with Crippen molar-refractivity contribution in [1.29, 1.82) is 0 Å². The minimum absolute atomic E-state index is 0.593. The number of fused-ring (bicyclic) bond motifs is 2. The molecule has 2 saturated carbocycles. The Bertz CT molecular complexity index is 486. The van der Waals surface area contributed by atoms with Gasteiger partial charge < -0.3 is 19.8 Å². The van der Waals surface area contributed by atoms with Crippen LogP contribution in [0.1, 0.15) is 38.4 Å². The summed E-state index contributed by atoms with van der Waals surface area (Å²) in [6.45, 7) is 4.97. The Balaban J connectivity index is 1.48. The minimum atomic E-state index is 0.593. The van der Waals surface area contributed by atoms with Crippen LogP contribution in [0.3, 0.4) is 0 Å². The lowest BCUT2D eigenvalue weighted by Crippen LogP contribution is -2.46. The van der Waals surface area contributed by atoms with E-state index < -0.39 is 0 Å². The summed E-state index contributed by atoms with van der Waals surface area (Å²) in [6.07, 6.45) is 8.09. The highest BCUT2D eigenvalue weighted by Gasteiger charge is 2.39. The zero-order chi connectivity index (χ0) is 15.9. The number of furan rings is 1. The van der Waals surface area contributed by atoms with Crippen LogP contribution in [-0.2, 0) is 11.2 Å². The number of guanidine groups is 1. The predicted octanol–water partition coefficient (Wildman–Crippen LogP) is 2.58. The molecule has 3 atom stereocenters. The number of ether oxygens (including phenoxy) is 1. The highest BCUT2D eigenvalue weighted by atomic mass is 16.5. The first kappa shape index (κ1) is 16.4. The lowest BCUT2D eigenvalue weighted by atomic mass is 9.95. The Hall–Kier alpha value is -1.49. The van der Waals surface area contributed by atoms with Crippen LogP contribution in [-0.4, -0.2) is 38.3 Å². The van der Waals surface area contributed by atoms with Crippen LogP contribution >= 0.6 is 0 Å². The largest absolute Gasteiger partial charge is 0.469 e. The maximum absolute atomic E-state index is 5.39. The molecule has 1 heterocycles. The second-order valence-corrected chi connectivity index (χ2v) is 6.61. The highest BCUT2D eigenvalue weighted by Crippen LogP contribution is 2.44. The van der Waals surface area contributed by atoms with Crippen molar-refractivity contribution in [2.24, 2.45) is 16.8 Å². The van der Waals surface area contributed by atoms with Gasteiger partial charge in [0.05, 0.1) is 19.4 Å². The van der Waals surface area contributed by atoms with Crippen LogP contribution in [0, 0.1) is 11.8 Å². The van der Waals surface area contributed by atoms with Gasteiger partial charge in [0.2, 0.25) is 0 Å². The lowest BCUT2D eigenvalue weighted by Gasteiger charge is -2.25. The molecule has 0 aliphatic heterocycles. The van der Waals surface area contributed by atoms with Gasteiger partial charge in [0.25, 0.3) is 0 Å². The van der Waals surface area contributed by atoms with Gasteiger partial charge >= 0.3 is 0 Å². The molecule has 2 bridgehead atoms. The second-order valence-electron chi connectivity index (χ2n) is 6.61. The highest BCUT2D eigenvalue weighted by molar-refractivity contribution is 5.80. The summed E-state index contributed by atoms with van der Waals surface area (Å²) in [5.41, 5.74) is 0. The van der Waals surface area contributed by atoms with Gasteiger partial charge in [0, 0.05) is 25.6 Å². The lowest BCUT2D eigenvalue weighted by molar-refractivity contribution is 0.155. The quantitative estimate of drug-likeness (QED) is 0.439. The van der Waals surface area contributed by atoms with Crippen LogP contribution in [0.4, 0.5) is 0 Å². The Labute approximate surface area is 138 Å². The summed E-state index contributed by atoms with van der Waals surface area (Å²) < 4.78 is 10.8. The molecular weight excluding hydrogens is 290 g/mol. The monoisotopic (exact) mass is 319 g/mol. The molecule has 0 aromatic carbocycles. The van der Waals surface area contributed by atoms with Gasteiger partial charge in [-0.1, -0.05) is 6.42 Å². The number of hydrogen-bond acceptors (Lipinski definition) is 3. The van der Waals surface area contributed by atoms with Gasteiger partial charge in [-0.05, 0) is 50.2 Å². The molecule has 1 aromatic heterocycles. The van der Waals surface area contributed by atoms with Crippen LogP contribution in [0.2, 0.25) is 0 Å². The average molecular weight is 319 g/mol. The van der Waals surface area contributed by atoms with E-state index in [1.54, 1.807) is 6.26 Å². The Morgan fingerprint density at radius 3 is 3.04 bits per heavy atom. The molecule has 23 heavy (non-hydrogen) atoms. The van der Waals surface area contributed by atoms with Crippen LogP contribution in [0.5, 0.6) is 0 Å². The van der Waals surface area contributed by atoms with Crippen molar-refractivity contribution < 1.29 is 9.15 Å². The predicted molar refractivity (Wildman–Crippen MR) is 91.6 cm³/mol. The summed E-state index contributed by atoms with van der Waals surface area (Å²) in [5.74, 6) is 3.70. The molecule has 0 radical (unpaired) electrons. The van der Waals surface area contributed by atoms with Crippen molar-refractivity contribution in [3.05, 3.63) is 24.2 Å². The molecule has 0 spiro atoms. The van der Waals surface area contributed by atoms with E-state index in [2.05, 4.69) is 15.6 Å². The smallest absolute Gasteiger partial charge is 0.191 e. The van der Waals surface area contributed by atoms with Crippen molar-refractivity contribution in [1.82, 2.24) is 10.6 Å². The molecule has 2 fully saturated rings. The van der Waals surface area contributed by atoms with E-state index in [0.29, 0.717) is 19.2 Å². The van der Waals surface area contributed by atoms with E-state index in [-0.39, 0.29) is 0 Å². The fourth-order valence-corrected chi connectivity index (χ4v) is 3.87. The fraction of sp³-hybridized carbons (Fsp3) is 0.722. The van der Waals surface area contributed by atoms with Crippen molar-refractivity contribution in [2.75, 3.05) is 26.3 Å². The van der Waals surface area contributed by atoms with E-state index in [0.717, 1.165) is 43.1 Å². The average Bonchev–Trinajstić information content (AvgIpc) is 3.29. The van der Waals surface area contributed by atoms with Gasteiger partial charge in [-0.25, -0.2) is 0 Å². The maximum Gasteiger partial charge on any atom is 0.191 e. The number of hydrogen-bond donors (Lipinski definition) is 2. The minimum Gasteiger partial charge on any atom is -0.469 e. The molecule has 0 saturated heterocycles. The van der Waals surface area contributed by atoms with Crippen molar-refractivity contribution in [3.63, 3.8) is 0 Å². The summed E-state index contributed by atoms with van der Waals surface area (Å²) in [5, 5.41) is 7.10. The third kappa shape index (κ3) is 4.74. The SMILES string of the molecule is CCOCCN=C(NCCc1ccco1)NC1CC2CCC1C2. The van der Waals surface area contributed by atoms with E-state index in [9.17, 15) is 0 Å². The van der Waals surface area contributed by atoms with Gasteiger partial charge in [0.1, 0.15) is 5.76 Å². The summed E-state index contributed by atoms with van der Waals surface area (Å²) in [4.78, 5) is 4.67. The van der Waals surface area contributed by atoms with Crippen LogP contribution in [0.25, 0.3) is 0 Å². The standard InChI is InChI=1S/C18H29N3O2/c1-2-22-11-9-20-18(19-8-7-16-4-3-10-23-16)21-17-13-14-5-6-15(17)12-14/h3-4,10,14-15,17H,2,5-9,11-13H2,1H3,(H2,19,20,21). The molecule has 3 unspecified atom stereocenters. The molecule has 2 N–H and O–H groups in total. The summed E-state index contributed by atoms with van der Waals surface area (Å²) >= 11 is 0. The van der Waals surface area contributed by atoms with E-state index in [4.69, 9.17) is 9.15 Å². The van der Waals surface area contributed by atoms with E-state index >= 15 is 0 Å². The van der Waals surface area contributed by atoms with E-state index in [1.807, 2.05) is 19.1 Å². The number of nitrogens with zero attached hydrogens (tertiary/aromatic N) is 1. The molecule has 2 aliphatic rings. The second kappa shape index (κ2) is 8.39. The maximum atomic E-state index is 5.39. The molecule has 0 amide bonds. The number of aliphatic imine (C=N–C) groups is 1. The zero-order valence-corrected chi connectivity index (χ0v) is 14.1. The molecular formula is C18H29N3O2. The fourth-order valence-electron chi connectivity index (χ4n) is 3.87. The van der Waals surface area contributed by atoms with Gasteiger partial charge in [0.15, 0.2) is 5.96 Å². The van der Waals surface area contributed by atoms with Crippen molar-refractivity contribution in [3.8, 4) is 0 Å². The number of nitrogens with one attached hydrogen (secondary N) is 2. The van der Waals surface area contributed by atoms with Crippen molar-refractivity contribution in [2.45, 2.75) is 45.1 Å². The van der Waals surface area contributed by atoms with Crippen LogP contribution in [0.15, 0.2) is 27.8 Å². The molecule has 2 aliphatic carbocycles. The zero-order valence-electron chi connectivity index (χ0n) is 14.1. The van der Waals surface area contributed by atoms with Crippen LogP contribution < -0.4 is 10.6 Å². The van der Waals surface area contributed by atoms with Crippen molar-refractivity contribution >= 4 is 5.96 Å². The third-order valence-corrected chi connectivity index (χ3v) is 5.01. The van der Waals surface area contributed by atoms with Gasteiger partial charge in [-0.15, -0.1) is 0 Å². The molecule has 1 aromatic rings. The van der Waals surface area contributed by atoms with E-state index in [1.165, 1.54) is 25.7 Å². The first-order valence-corrected chi connectivity index (χ1v) is 9.00. The normalized spacial score (nSPS) is 26.7. The Morgan fingerprint density at radius 2 is 2.35 bits per heavy atom. The number of rotatable bonds is 8. The molecule has 5 heteroatoms. The van der Waals surface area contributed by atoms with Gasteiger partial charge in [-0.2, -0.15) is 0 Å². The molecule has 3 rings (SSSR count). The summed E-state index contributed by atoms with van der Waals surface area (Å²) in [7, 11) is 0. The van der Waals surface area contributed by atoms with Gasteiger partial charge in [-0.3, -0.25) is 4.99 Å². The topological polar surface area (TPSA) is 58.8 Å². The Morgan fingerprint density at radius 1 is 1.39 bits per heavy atom. The third-order valence-electron chi connectivity index (χ3n) is 5.01. The first-order valence-electron chi connectivity index (χ1n) is 9.00. The molecule has 128 valence electrons. The Kier molecular flexibility index (Phi) is 5.97.